The topological polar surface area (TPSA) is 63.3 Å². The van der Waals surface area contributed by atoms with Gasteiger partial charge in [-0.05, 0) is 46.5 Å². The van der Waals surface area contributed by atoms with Crippen LogP contribution < -0.4 is 5.73 Å². The molecular formula is C14H17BrFNO2. The van der Waals surface area contributed by atoms with Gasteiger partial charge in [-0.25, -0.2) is 4.39 Å². The van der Waals surface area contributed by atoms with Crippen molar-refractivity contribution >= 4 is 27.6 Å². The number of anilines is 1. The molecule has 0 unspecified atom stereocenters. The van der Waals surface area contributed by atoms with Crippen molar-refractivity contribution in [1.29, 1.82) is 0 Å². The molecule has 1 aromatic rings. The van der Waals surface area contributed by atoms with Gasteiger partial charge in [0.15, 0.2) is 0 Å². The first-order valence-electron chi connectivity index (χ1n) is 6.46. The minimum absolute atomic E-state index is 0.339. The highest BCUT2D eigenvalue weighted by Crippen LogP contribution is 2.43. The van der Waals surface area contributed by atoms with E-state index in [-0.39, 0.29) is 0 Å². The summed E-state index contributed by atoms with van der Waals surface area (Å²) < 4.78 is 14.0. The van der Waals surface area contributed by atoms with Crippen molar-refractivity contribution in [1.82, 2.24) is 0 Å². The molecule has 0 aliphatic heterocycles. The van der Waals surface area contributed by atoms with Gasteiger partial charge in [-0.3, -0.25) is 4.79 Å². The molecule has 19 heavy (non-hydrogen) atoms. The quantitative estimate of drug-likeness (QED) is 0.639. The second-order valence-corrected chi connectivity index (χ2v) is 6.00. The summed E-state index contributed by atoms with van der Waals surface area (Å²) in [5.74, 6) is -1.36. The number of hydrogen-bond donors (Lipinski definition) is 2. The maximum atomic E-state index is 13.6. The molecule has 0 heterocycles. The zero-order chi connectivity index (χ0) is 14.0. The zero-order valence-corrected chi connectivity index (χ0v) is 12.2. The fourth-order valence-corrected chi connectivity index (χ4v) is 3.34. The number of carboxylic acid groups (broad SMARTS) is 1. The van der Waals surface area contributed by atoms with Gasteiger partial charge in [-0.1, -0.05) is 25.7 Å². The van der Waals surface area contributed by atoms with Crippen LogP contribution >= 0.6 is 15.9 Å². The van der Waals surface area contributed by atoms with Gasteiger partial charge in [0.2, 0.25) is 0 Å². The molecule has 0 spiro atoms. The van der Waals surface area contributed by atoms with Crippen molar-refractivity contribution < 1.29 is 14.3 Å². The number of carbonyl (C=O) groups is 1. The van der Waals surface area contributed by atoms with E-state index >= 15 is 0 Å². The number of halogens is 2. The molecule has 0 radical (unpaired) electrons. The lowest BCUT2D eigenvalue weighted by molar-refractivity contribution is -0.144. The minimum Gasteiger partial charge on any atom is -0.481 e. The third-order valence-corrected chi connectivity index (χ3v) is 4.63. The fourth-order valence-electron chi connectivity index (χ4n) is 2.91. The Labute approximate surface area is 120 Å². The molecule has 0 amide bonds. The molecule has 104 valence electrons. The number of benzene rings is 1. The Bertz CT molecular complexity index is 496. The van der Waals surface area contributed by atoms with Crippen LogP contribution in [0.15, 0.2) is 16.6 Å². The summed E-state index contributed by atoms with van der Waals surface area (Å²) >= 11 is 3.20. The average molecular weight is 330 g/mol. The standard InChI is InChI=1S/C14H17BrFNO2/c15-11-8-9(16)7-10(12(11)17)14(13(18)19)5-3-1-2-4-6-14/h7-8H,1-6,17H2,(H,18,19). The third kappa shape index (κ3) is 2.61. The average Bonchev–Trinajstić information content (AvgIpc) is 2.60. The van der Waals surface area contributed by atoms with Crippen LogP contribution in [0.4, 0.5) is 10.1 Å². The summed E-state index contributed by atoms with van der Waals surface area (Å²) in [6.07, 6.45) is 4.74. The molecule has 5 heteroatoms. The second-order valence-electron chi connectivity index (χ2n) is 5.15. The Morgan fingerprint density at radius 1 is 1.26 bits per heavy atom. The van der Waals surface area contributed by atoms with Crippen LogP contribution in [0.2, 0.25) is 0 Å². The predicted octanol–water partition coefficient (Wildman–Crippen LogP) is 3.85. The summed E-state index contributed by atoms with van der Waals surface area (Å²) in [6, 6.07) is 2.55. The molecule has 1 aliphatic carbocycles. The van der Waals surface area contributed by atoms with Gasteiger partial charge in [-0.15, -0.1) is 0 Å². The van der Waals surface area contributed by atoms with E-state index in [2.05, 4.69) is 15.9 Å². The molecule has 0 saturated heterocycles. The first kappa shape index (κ1) is 14.3. The van der Waals surface area contributed by atoms with Gasteiger partial charge in [-0.2, -0.15) is 0 Å². The van der Waals surface area contributed by atoms with Crippen molar-refractivity contribution in [3.8, 4) is 0 Å². The number of nitrogen functional groups attached to an aromatic ring is 1. The third-order valence-electron chi connectivity index (χ3n) is 3.98. The normalized spacial score (nSPS) is 18.8. The van der Waals surface area contributed by atoms with E-state index in [9.17, 15) is 14.3 Å². The number of aliphatic carboxylic acids is 1. The molecule has 3 nitrogen and oxygen atoms in total. The Morgan fingerprint density at radius 2 is 1.84 bits per heavy atom. The first-order valence-corrected chi connectivity index (χ1v) is 7.25. The molecular weight excluding hydrogens is 313 g/mol. The van der Waals surface area contributed by atoms with E-state index in [1.54, 1.807) is 0 Å². The first-order chi connectivity index (χ1) is 8.97. The van der Waals surface area contributed by atoms with Crippen LogP contribution in [0.1, 0.15) is 44.1 Å². The largest absolute Gasteiger partial charge is 0.481 e. The van der Waals surface area contributed by atoms with Crippen LogP contribution in [0.25, 0.3) is 0 Å². The van der Waals surface area contributed by atoms with Gasteiger partial charge in [0.05, 0.1) is 11.1 Å². The van der Waals surface area contributed by atoms with Gasteiger partial charge < -0.3 is 10.8 Å². The summed E-state index contributed by atoms with van der Waals surface area (Å²) in [7, 11) is 0. The zero-order valence-electron chi connectivity index (χ0n) is 10.6. The molecule has 0 atom stereocenters. The monoisotopic (exact) mass is 329 g/mol. The molecule has 3 N–H and O–H groups in total. The Balaban J connectivity index is 2.58. The Morgan fingerprint density at radius 3 is 2.37 bits per heavy atom. The molecule has 1 aromatic carbocycles. The number of carboxylic acids is 1. The maximum Gasteiger partial charge on any atom is 0.314 e. The van der Waals surface area contributed by atoms with E-state index < -0.39 is 17.2 Å². The van der Waals surface area contributed by atoms with Gasteiger partial charge in [0, 0.05) is 4.47 Å². The second kappa shape index (κ2) is 5.49. The van der Waals surface area contributed by atoms with E-state index in [1.165, 1.54) is 12.1 Å². The summed E-state index contributed by atoms with van der Waals surface area (Å²) in [4.78, 5) is 11.8. The fraction of sp³-hybridized carbons (Fsp3) is 0.500. The van der Waals surface area contributed by atoms with E-state index in [1.807, 2.05) is 0 Å². The number of hydrogen-bond acceptors (Lipinski definition) is 2. The molecule has 0 aromatic heterocycles. The van der Waals surface area contributed by atoms with Crippen molar-refractivity contribution in [2.45, 2.75) is 43.9 Å². The lowest BCUT2D eigenvalue weighted by Gasteiger charge is -2.30. The lowest BCUT2D eigenvalue weighted by Crippen LogP contribution is -2.36. The molecule has 2 rings (SSSR count). The van der Waals surface area contributed by atoms with E-state index in [0.717, 1.165) is 25.7 Å². The Hall–Kier alpha value is -1.10. The molecule has 1 saturated carbocycles. The lowest BCUT2D eigenvalue weighted by atomic mass is 9.73. The van der Waals surface area contributed by atoms with Crippen LogP contribution in [-0.2, 0) is 10.2 Å². The van der Waals surface area contributed by atoms with Crippen LogP contribution in [0, 0.1) is 5.82 Å². The molecule has 0 bridgehead atoms. The van der Waals surface area contributed by atoms with Crippen molar-refractivity contribution in [2.24, 2.45) is 0 Å². The summed E-state index contributed by atoms with van der Waals surface area (Å²) in [5, 5.41) is 9.68. The maximum absolute atomic E-state index is 13.6. The van der Waals surface area contributed by atoms with Crippen molar-refractivity contribution in [3.05, 3.63) is 28.0 Å². The Kier molecular flexibility index (Phi) is 4.13. The number of rotatable bonds is 2. The van der Waals surface area contributed by atoms with Gasteiger partial charge in [0.25, 0.3) is 0 Å². The van der Waals surface area contributed by atoms with Crippen molar-refractivity contribution in [3.63, 3.8) is 0 Å². The van der Waals surface area contributed by atoms with Gasteiger partial charge >= 0.3 is 5.97 Å². The highest BCUT2D eigenvalue weighted by Gasteiger charge is 2.42. The van der Waals surface area contributed by atoms with E-state index in [0.29, 0.717) is 28.6 Å². The summed E-state index contributed by atoms with van der Waals surface area (Å²) in [6.45, 7) is 0. The highest BCUT2D eigenvalue weighted by atomic mass is 79.9. The van der Waals surface area contributed by atoms with Crippen LogP contribution in [0.5, 0.6) is 0 Å². The highest BCUT2D eigenvalue weighted by molar-refractivity contribution is 9.10. The van der Waals surface area contributed by atoms with Gasteiger partial charge in [0.1, 0.15) is 5.82 Å². The predicted molar refractivity (Wildman–Crippen MR) is 75.5 cm³/mol. The molecule has 1 aliphatic rings. The summed E-state index contributed by atoms with van der Waals surface area (Å²) in [5.41, 5.74) is 5.68. The van der Waals surface area contributed by atoms with E-state index in [4.69, 9.17) is 5.73 Å². The SMILES string of the molecule is Nc1c(Br)cc(F)cc1C1(C(=O)O)CCCCCC1. The molecule has 1 fully saturated rings. The smallest absolute Gasteiger partial charge is 0.314 e. The van der Waals surface area contributed by atoms with Crippen LogP contribution in [-0.4, -0.2) is 11.1 Å². The number of nitrogens with two attached hydrogens (primary N) is 1. The van der Waals surface area contributed by atoms with Crippen molar-refractivity contribution in [2.75, 3.05) is 5.73 Å². The van der Waals surface area contributed by atoms with Crippen LogP contribution in [0.3, 0.4) is 0 Å². The minimum atomic E-state index is -1.05.